The number of rotatable bonds is 8. The van der Waals surface area contributed by atoms with E-state index in [1.807, 2.05) is 24.3 Å². The van der Waals surface area contributed by atoms with Crippen molar-refractivity contribution in [2.75, 3.05) is 33.4 Å². The van der Waals surface area contributed by atoms with Crippen molar-refractivity contribution in [3.8, 4) is 0 Å². The largest absolute Gasteiger partial charge is 0.388 e. The number of halogens is 1. The summed E-state index contributed by atoms with van der Waals surface area (Å²) in [6.07, 6.45) is 0.317. The smallest absolute Gasteiger partial charge is 0.0813 e. The zero-order chi connectivity index (χ0) is 13.4. The molecule has 18 heavy (non-hydrogen) atoms. The zero-order valence-corrected chi connectivity index (χ0v) is 12.7. The second kappa shape index (κ2) is 8.64. The molecule has 1 aromatic rings. The predicted octanol–water partition coefficient (Wildman–Crippen LogP) is 2.84. The van der Waals surface area contributed by atoms with Crippen molar-refractivity contribution < 1.29 is 9.84 Å². The highest BCUT2D eigenvalue weighted by molar-refractivity contribution is 9.10. The van der Waals surface area contributed by atoms with Crippen molar-refractivity contribution in [3.63, 3.8) is 0 Å². The minimum atomic E-state index is -0.419. The van der Waals surface area contributed by atoms with Crippen molar-refractivity contribution in [3.05, 3.63) is 34.3 Å². The van der Waals surface area contributed by atoms with Gasteiger partial charge < -0.3 is 14.7 Å². The molecule has 0 aliphatic carbocycles. The summed E-state index contributed by atoms with van der Waals surface area (Å²) in [4.78, 5) is 2.28. The topological polar surface area (TPSA) is 32.7 Å². The highest BCUT2D eigenvalue weighted by Crippen LogP contribution is 2.25. The van der Waals surface area contributed by atoms with Gasteiger partial charge in [-0.2, -0.15) is 0 Å². The molecule has 0 fully saturated rings. The molecule has 4 heteroatoms. The lowest BCUT2D eigenvalue weighted by molar-refractivity contribution is 0.119. The molecule has 0 spiro atoms. The molecule has 0 radical (unpaired) electrons. The number of aliphatic hydroxyl groups is 1. The van der Waals surface area contributed by atoms with Crippen LogP contribution in [0.25, 0.3) is 0 Å². The molecule has 0 aliphatic heterocycles. The Bertz CT molecular complexity index is 346. The van der Waals surface area contributed by atoms with Gasteiger partial charge in [0.15, 0.2) is 0 Å². The molecule has 0 heterocycles. The van der Waals surface area contributed by atoms with Crippen LogP contribution in [0.15, 0.2) is 28.7 Å². The van der Waals surface area contributed by atoms with Gasteiger partial charge in [-0.15, -0.1) is 0 Å². The van der Waals surface area contributed by atoms with Gasteiger partial charge in [0.2, 0.25) is 0 Å². The summed E-state index contributed by atoms with van der Waals surface area (Å²) in [7, 11) is 1.71. The first-order valence-corrected chi connectivity index (χ1v) is 7.12. The Morgan fingerprint density at radius 2 is 2.06 bits per heavy atom. The molecular formula is C14H22BrNO2. The van der Waals surface area contributed by atoms with Crippen LogP contribution in [-0.2, 0) is 4.74 Å². The van der Waals surface area contributed by atoms with Crippen molar-refractivity contribution in [1.29, 1.82) is 0 Å². The van der Waals surface area contributed by atoms with Crippen LogP contribution in [-0.4, -0.2) is 43.4 Å². The summed E-state index contributed by atoms with van der Waals surface area (Å²) in [5, 5.41) is 10.2. The first kappa shape index (κ1) is 15.6. The van der Waals surface area contributed by atoms with Crippen LogP contribution < -0.4 is 0 Å². The summed E-state index contributed by atoms with van der Waals surface area (Å²) in [6, 6.07) is 7.82. The molecule has 0 bridgehead atoms. The maximum absolute atomic E-state index is 10.2. The maximum Gasteiger partial charge on any atom is 0.0813 e. The molecule has 1 rings (SSSR count). The van der Waals surface area contributed by atoms with E-state index in [1.165, 1.54) is 0 Å². The minimum absolute atomic E-state index is 0.419. The van der Waals surface area contributed by atoms with Gasteiger partial charge in [-0.3, -0.25) is 0 Å². The summed E-state index contributed by atoms with van der Waals surface area (Å²) in [5.41, 5.74) is 0.959. The van der Waals surface area contributed by atoms with E-state index in [9.17, 15) is 5.11 Å². The first-order valence-electron chi connectivity index (χ1n) is 6.32. The average Bonchev–Trinajstić information content (AvgIpc) is 2.39. The van der Waals surface area contributed by atoms with E-state index >= 15 is 0 Å². The molecule has 3 nitrogen and oxygen atoms in total. The first-order chi connectivity index (χ1) is 8.69. The van der Waals surface area contributed by atoms with Crippen LogP contribution in [0.4, 0.5) is 0 Å². The summed E-state index contributed by atoms with van der Waals surface area (Å²) in [6.45, 7) is 5.63. The predicted molar refractivity (Wildman–Crippen MR) is 77.7 cm³/mol. The van der Waals surface area contributed by atoms with Crippen molar-refractivity contribution in [1.82, 2.24) is 4.90 Å². The Hall–Kier alpha value is -0.420. The molecule has 0 aliphatic rings. The van der Waals surface area contributed by atoms with Gasteiger partial charge in [-0.05, 0) is 24.6 Å². The fraction of sp³-hybridized carbons (Fsp3) is 0.571. The van der Waals surface area contributed by atoms with Gasteiger partial charge in [0, 0.05) is 24.7 Å². The second-order valence-corrected chi connectivity index (χ2v) is 5.11. The molecular weight excluding hydrogens is 294 g/mol. The van der Waals surface area contributed by atoms with Gasteiger partial charge in [0.25, 0.3) is 0 Å². The molecule has 102 valence electrons. The number of benzene rings is 1. The number of likely N-dealkylation sites (N-methyl/N-ethyl adjacent to an activating group) is 1. The molecule has 0 aromatic heterocycles. The molecule has 0 amide bonds. The van der Waals surface area contributed by atoms with E-state index in [4.69, 9.17) is 4.74 Å². The third-order valence-corrected chi connectivity index (χ3v) is 3.76. The second-order valence-electron chi connectivity index (χ2n) is 4.25. The van der Waals surface area contributed by atoms with Crippen LogP contribution in [0.1, 0.15) is 25.0 Å². The fourth-order valence-corrected chi connectivity index (χ4v) is 2.40. The zero-order valence-electron chi connectivity index (χ0n) is 11.1. The highest BCUT2D eigenvalue weighted by Gasteiger charge is 2.12. The van der Waals surface area contributed by atoms with Crippen LogP contribution >= 0.6 is 15.9 Å². The van der Waals surface area contributed by atoms with E-state index in [2.05, 4.69) is 27.8 Å². The Balaban J connectivity index is 2.44. The van der Waals surface area contributed by atoms with Crippen molar-refractivity contribution >= 4 is 15.9 Å². The van der Waals surface area contributed by atoms with Crippen LogP contribution in [0.2, 0.25) is 0 Å². The Morgan fingerprint density at radius 3 is 2.67 bits per heavy atom. The van der Waals surface area contributed by atoms with Crippen LogP contribution in [0.5, 0.6) is 0 Å². The third-order valence-electron chi connectivity index (χ3n) is 3.04. The van der Waals surface area contributed by atoms with E-state index in [0.29, 0.717) is 0 Å². The Labute approximate surface area is 118 Å². The normalized spacial score (nSPS) is 12.9. The molecule has 1 aromatic carbocycles. The van der Waals surface area contributed by atoms with Gasteiger partial charge in [0.05, 0.1) is 12.7 Å². The lowest BCUT2D eigenvalue weighted by atomic mass is 10.1. The third kappa shape index (κ3) is 5.06. The molecule has 1 atom stereocenters. The summed E-state index contributed by atoms with van der Waals surface area (Å²) >= 11 is 3.47. The van der Waals surface area contributed by atoms with Gasteiger partial charge in [0.1, 0.15) is 0 Å². The van der Waals surface area contributed by atoms with Gasteiger partial charge in [-0.25, -0.2) is 0 Å². The average molecular weight is 316 g/mol. The van der Waals surface area contributed by atoms with E-state index < -0.39 is 6.10 Å². The van der Waals surface area contributed by atoms with Crippen LogP contribution in [0, 0.1) is 0 Å². The standard InChI is InChI=1S/C14H22BrNO2/c1-3-16(10-11-18-2)9-8-14(17)12-6-4-5-7-13(12)15/h4-7,14,17H,3,8-11H2,1-2H3. The number of hydrogen-bond acceptors (Lipinski definition) is 3. The highest BCUT2D eigenvalue weighted by atomic mass is 79.9. The summed E-state index contributed by atoms with van der Waals surface area (Å²) in [5.74, 6) is 0. The quantitative estimate of drug-likeness (QED) is 0.800. The lowest BCUT2D eigenvalue weighted by Gasteiger charge is -2.22. The van der Waals surface area contributed by atoms with Crippen LogP contribution in [0.3, 0.4) is 0 Å². The van der Waals surface area contributed by atoms with Gasteiger partial charge in [-0.1, -0.05) is 41.1 Å². The van der Waals surface area contributed by atoms with Gasteiger partial charge >= 0.3 is 0 Å². The number of nitrogens with zero attached hydrogens (tertiary/aromatic N) is 1. The number of methoxy groups -OCH3 is 1. The Morgan fingerprint density at radius 1 is 1.33 bits per heavy atom. The monoisotopic (exact) mass is 315 g/mol. The lowest BCUT2D eigenvalue weighted by Crippen LogP contribution is -2.29. The maximum atomic E-state index is 10.2. The molecule has 0 saturated carbocycles. The Kier molecular flexibility index (Phi) is 7.51. The minimum Gasteiger partial charge on any atom is -0.388 e. The molecule has 1 unspecified atom stereocenters. The van der Waals surface area contributed by atoms with E-state index in [1.54, 1.807) is 7.11 Å². The molecule has 1 N–H and O–H groups in total. The van der Waals surface area contributed by atoms with E-state index in [0.717, 1.165) is 42.7 Å². The summed E-state index contributed by atoms with van der Waals surface area (Å²) < 4.78 is 6.04. The number of aliphatic hydroxyl groups excluding tert-OH is 1. The fourth-order valence-electron chi connectivity index (χ4n) is 1.85. The van der Waals surface area contributed by atoms with Crippen molar-refractivity contribution in [2.24, 2.45) is 0 Å². The molecule has 0 saturated heterocycles. The van der Waals surface area contributed by atoms with E-state index in [-0.39, 0.29) is 0 Å². The number of ether oxygens (including phenoxy) is 1. The SMILES string of the molecule is CCN(CCOC)CCC(O)c1ccccc1Br. The number of hydrogen-bond donors (Lipinski definition) is 1. The van der Waals surface area contributed by atoms with Crippen molar-refractivity contribution in [2.45, 2.75) is 19.4 Å².